The highest BCUT2D eigenvalue weighted by atomic mass is 79.9. The first-order chi connectivity index (χ1) is 14.6. The number of nitrogens with one attached hydrogen (secondary N) is 1. The summed E-state index contributed by atoms with van der Waals surface area (Å²) in [6.45, 7) is 1.94. The molecule has 0 aliphatic rings. The number of carbonyl (C=O) groups excluding carboxylic acids is 1. The second-order valence-electron chi connectivity index (χ2n) is 6.69. The van der Waals surface area contributed by atoms with Gasteiger partial charge in [-0.1, -0.05) is 23.7 Å². The van der Waals surface area contributed by atoms with E-state index in [2.05, 4.69) is 26.5 Å². The van der Waals surface area contributed by atoms with E-state index in [1.54, 1.807) is 49.4 Å². The van der Waals surface area contributed by atoms with E-state index in [1.165, 1.54) is 22.7 Å². The highest BCUT2D eigenvalue weighted by molar-refractivity contribution is 9.10. The molecule has 0 fully saturated rings. The molecule has 0 saturated heterocycles. The molecule has 1 N–H and O–H groups in total. The zero-order valence-corrected chi connectivity index (χ0v) is 19.8. The molecule has 1 amide bonds. The van der Waals surface area contributed by atoms with Gasteiger partial charge in [-0.3, -0.25) is 9.10 Å². The van der Waals surface area contributed by atoms with Gasteiger partial charge in [-0.15, -0.1) is 0 Å². The molecule has 0 bridgehead atoms. The van der Waals surface area contributed by atoms with E-state index in [9.17, 15) is 13.2 Å². The summed E-state index contributed by atoms with van der Waals surface area (Å²) in [5, 5.41) is 4.45. The Hall–Kier alpha value is -2.62. The number of furan rings is 1. The third-order valence-corrected chi connectivity index (χ3v) is 6.47. The topological polar surface area (TPSA) is 92.0 Å². The fourth-order valence-electron chi connectivity index (χ4n) is 2.70. The lowest BCUT2D eigenvalue weighted by atomic mass is 10.2. The van der Waals surface area contributed by atoms with Crippen LogP contribution in [0.1, 0.15) is 27.4 Å². The monoisotopic (exact) mass is 523 g/mol. The van der Waals surface area contributed by atoms with Crippen LogP contribution in [0.15, 0.2) is 68.6 Å². The maximum atomic E-state index is 12.3. The van der Waals surface area contributed by atoms with Crippen molar-refractivity contribution in [3.05, 3.63) is 86.7 Å². The van der Waals surface area contributed by atoms with Crippen molar-refractivity contribution in [2.45, 2.75) is 13.5 Å². The van der Waals surface area contributed by atoms with Gasteiger partial charge in [0.2, 0.25) is 10.0 Å². The Morgan fingerprint density at radius 1 is 1.19 bits per heavy atom. The van der Waals surface area contributed by atoms with Gasteiger partial charge in [-0.2, -0.15) is 5.10 Å². The zero-order chi connectivity index (χ0) is 22.6. The lowest BCUT2D eigenvalue weighted by molar-refractivity contribution is 0.0955. The Kier molecular flexibility index (Phi) is 7.19. The predicted octanol–water partition coefficient (Wildman–Crippen LogP) is 4.73. The van der Waals surface area contributed by atoms with Gasteiger partial charge in [0.05, 0.1) is 29.2 Å². The molecule has 2 aromatic carbocycles. The minimum atomic E-state index is -3.54. The molecular weight excluding hydrogens is 506 g/mol. The van der Waals surface area contributed by atoms with Crippen LogP contribution in [-0.4, -0.2) is 26.8 Å². The summed E-state index contributed by atoms with van der Waals surface area (Å²) in [6.07, 6.45) is 2.52. The van der Waals surface area contributed by atoms with Crippen molar-refractivity contribution in [1.29, 1.82) is 0 Å². The normalized spacial score (nSPS) is 11.6. The first-order valence-corrected chi connectivity index (χ1v) is 12.1. The van der Waals surface area contributed by atoms with Crippen LogP contribution >= 0.6 is 27.5 Å². The van der Waals surface area contributed by atoms with Gasteiger partial charge in [0.15, 0.2) is 0 Å². The van der Waals surface area contributed by atoms with Crippen molar-refractivity contribution < 1.29 is 17.6 Å². The molecule has 0 spiro atoms. The number of hydrogen-bond acceptors (Lipinski definition) is 5. The number of benzene rings is 2. The summed E-state index contributed by atoms with van der Waals surface area (Å²) in [6, 6.07) is 14.9. The third-order valence-electron chi connectivity index (χ3n) is 4.29. The quantitative estimate of drug-likeness (QED) is 0.357. The van der Waals surface area contributed by atoms with Crippen molar-refractivity contribution in [1.82, 2.24) is 5.43 Å². The molecule has 7 nitrogen and oxygen atoms in total. The summed E-state index contributed by atoms with van der Waals surface area (Å²) in [4.78, 5) is 12.3. The molecule has 0 unspecified atom stereocenters. The molecule has 1 aromatic heterocycles. The second kappa shape index (κ2) is 9.67. The van der Waals surface area contributed by atoms with E-state index >= 15 is 0 Å². The number of aryl methyl sites for hydroxylation is 1. The van der Waals surface area contributed by atoms with E-state index in [-0.39, 0.29) is 6.54 Å². The van der Waals surface area contributed by atoms with E-state index in [4.69, 9.17) is 16.0 Å². The molecule has 0 aliphatic heterocycles. The maximum Gasteiger partial charge on any atom is 0.271 e. The smallest absolute Gasteiger partial charge is 0.271 e. The SMILES string of the molecule is Cc1oc(/C=N\NC(=O)c2ccc(N(Cc3ccc(Cl)cc3)S(C)(=O)=O)cc2)cc1Br. The molecule has 162 valence electrons. The standard InChI is InChI=1S/C21H19BrClN3O4S/c1-14-20(22)11-19(30-14)12-24-25-21(27)16-5-9-18(10-6-16)26(31(2,28)29)13-15-3-7-17(23)8-4-15/h3-12H,13H2,1-2H3,(H,25,27)/b24-12-. The molecule has 0 radical (unpaired) electrons. The first-order valence-electron chi connectivity index (χ1n) is 9.05. The third kappa shape index (κ3) is 6.19. The van der Waals surface area contributed by atoms with Crippen LogP contribution < -0.4 is 9.73 Å². The minimum Gasteiger partial charge on any atom is -0.459 e. The van der Waals surface area contributed by atoms with Gasteiger partial charge in [-0.05, 0) is 64.8 Å². The van der Waals surface area contributed by atoms with Crippen molar-refractivity contribution in [2.24, 2.45) is 5.10 Å². The number of halogens is 2. The van der Waals surface area contributed by atoms with Crippen molar-refractivity contribution >= 4 is 55.4 Å². The van der Waals surface area contributed by atoms with Crippen LogP contribution in [0.5, 0.6) is 0 Å². The number of sulfonamides is 1. The van der Waals surface area contributed by atoms with Gasteiger partial charge in [0.25, 0.3) is 5.91 Å². The average Bonchev–Trinajstić information content (AvgIpc) is 3.04. The molecule has 3 rings (SSSR count). The Labute approximate surface area is 193 Å². The Balaban J connectivity index is 1.71. The minimum absolute atomic E-state index is 0.143. The number of nitrogens with zero attached hydrogens (tertiary/aromatic N) is 2. The molecule has 0 atom stereocenters. The van der Waals surface area contributed by atoms with Crippen LogP contribution in [-0.2, 0) is 16.6 Å². The van der Waals surface area contributed by atoms with Gasteiger partial charge >= 0.3 is 0 Å². The van der Waals surface area contributed by atoms with Crippen LogP contribution in [0.3, 0.4) is 0 Å². The van der Waals surface area contributed by atoms with Gasteiger partial charge in [0.1, 0.15) is 11.5 Å². The Bertz CT molecular complexity index is 1190. The number of anilines is 1. The van der Waals surface area contributed by atoms with Gasteiger partial charge in [0, 0.05) is 16.7 Å². The summed E-state index contributed by atoms with van der Waals surface area (Å²) >= 11 is 9.23. The molecule has 3 aromatic rings. The van der Waals surface area contributed by atoms with Crippen LogP contribution in [0.25, 0.3) is 0 Å². The Morgan fingerprint density at radius 3 is 2.39 bits per heavy atom. The van der Waals surface area contributed by atoms with Gasteiger partial charge in [-0.25, -0.2) is 13.8 Å². The van der Waals surface area contributed by atoms with Crippen molar-refractivity contribution in [2.75, 3.05) is 10.6 Å². The lowest BCUT2D eigenvalue weighted by Crippen LogP contribution is -2.29. The van der Waals surface area contributed by atoms with Crippen LogP contribution in [0.4, 0.5) is 5.69 Å². The van der Waals surface area contributed by atoms with E-state index in [0.29, 0.717) is 27.8 Å². The zero-order valence-electron chi connectivity index (χ0n) is 16.7. The van der Waals surface area contributed by atoms with Crippen LogP contribution in [0.2, 0.25) is 5.02 Å². The summed E-state index contributed by atoms with van der Waals surface area (Å²) in [5.74, 6) is 0.761. The molecule has 10 heteroatoms. The number of amides is 1. The van der Waals surface area contributed by atoms with Crippen molar-refractivity contribution in [3.8, 4) is 0 Å². The number of rotatable bonds is 7. The number of carbonyl (C=O) groups is 1. The van der Waals surface area contributed by atoms with E-state index in [1.807, 2.05) is 0 Å². The highest BCUT2D eigenvalue weighted by Crippen LogP contribution is 2.22. The van der Waals surface area contributed by atoms with E-state index < -0.39 is 15.9 Å². The van der Waals surface area contributed by atoms with Crippen LogP contribution in [0, 0.1) is 6.92 Å². The maximum absolute atomic E-state index is 12.3. The molecule has 0 saturated carbocycles. The molecule has 31 heavy (non-hydrogen) atoms. The second-order valence-corrected chi connectivity index (χ2v) is 9.89. The summed E-state index contributed by atoms with van der Waals surface area (Å²) in [5.41, 5.74) is 3.96. The molecule has 1 heterocycles. The average molecular weight is 525 g/mol. The summed E-state index contributed by atoms with van der Waals surface area (Å²) < 4.78 is 32.1. The predicted molar refractivity (Wildman–Crippen MR) is 125 cm³/mol. The summed E-state index contributed by atoms with van der Waals surface area (Å²) in [7, 11) is -3.54. The fourth-order valence-corrected chi connectivity index (χ4v) is 4.02. The number of hydrogen-bond donors (Lipinski definition) is 1. The largest absolute Gasteiger partial charge is 0.459 e. The van der Waals surface area contributed by atoms with Crippen molar-refractivity contribution in [3.63, 3.8) is 0 Å². The van der Waals surface area contributed by atoms with Gasteiger partial charge < -0.3 is 4.42 Å². The lowest BCUT2D eigenvalue weighted by Gasteiger charge is -2.22. The highest BCUT2D eigenvalue weighted by Gasteiger charge is 2.18. The van der Waals surface area contributed by atoms with E-state index in [0.717, 1.165) is 16.3 Å². The fraction of sp³-hybridized carbons (Fsp3) is 0.143. The number of hydrazone groups is 1. The Morgan fingerprint density at radius 2 is 1.84 bits per heavy atom. The molecule has 0 aliphatic carbocycles. The first kappa shape index (κ1) is 23.1. The molecular formula is C21H19BrClN3O4S.